The number of rotatable bonds is 6. The minimum absolute atomic E-state index is 0.129. The number of hydrogen-bond donors (Lipinski definition) is 2. The van der Waals surface area contributed by atoms with E-state index in [-0.39, 0.29) is 29.5 Å². The number of para-hydroxylation sites is 2. The van der Waals surface area contributed by atoms with Crippen LogP contribution < -0.4 is 4.74 Å². The van der Waals surface area contributed by atoms with Crippen molar-refractivity contribution in [2.75, 3.05) is 5.94 Å². The number of ketones is 2. The van der Waals surface area contributed by atoms with Gasteiger partial charge in [0.15, 0.2) is 11.6 Å². The van der Waals surface area contributed by atoms with E-state index in [1.807, 2.05) is 0 Å². The van der Waals surface area contributed by atoms with Crippen molar-refractivity contribution in [1.29, 1.82) is 0 Å². The highest BCUT2D eigenvalue weighted by Gasteiger charge is 2.18. The lowest BCUT2D eigenvalue weighted by molar-refractivity contribution is 0.0891. The third-order valence-electron chi connectivity index (χ3n) is 2.93. The fourth-order valence-corrected chi connectivity index (χ4v) is 2.08. The fraction of sp³-hybridized carbons (Fsp3) is 0.125. The summed E-state index contributed by atoms with van der Waals surface area (Å²) in [4.78, 5) is 24.3. The van der Waals surface area contributed by atoms with E-state index >= 15 is 0 Å². The molecule has 0 bridgehead atoms. The molecule has 0 heterocycles. The zero-order chi connectivity index (χ0) is 15.2. The second kappa shape index (κ2) is 6.95. The van der Waals surface area contributed by atoms with Gasteiger partial charge in [0.05, 0.1) is 17.5 Å². The fourth-order valence-electron chi connectivity index (χ4n) is 1.94. The predicted octanol–water partition coefficient (Wildman–Crippen LogP) is 3.11. The van der Waals surface area contributed by atoms with Crippen LogP contribution in [0.1, 0.15) is 27.1 Å². The third kappa shape index (κ3) is 3.64. The number of Topliss-reactive ketones (excluding diaryl/α,β-unsaturated/α-hetero) is 2. The molecule has 0 aliphatic heterocycles. The molecule has 0 fully saturated rings. The van der Waals surface area contributed by atoms with Gasteiger partial charge in [-0.15, -0.1) is 12.6 Å². The number of thiol groups is 1. The second-order valence-electron chi connectivity index (χ2n) is 4.31. The number of phenols is 1. The van der Waals surface area contributed by atoms with Crippen LogP contribution >= 0.6 is 12.6 Å². The minimum atomic E-state index is -0.432. The molecule has 2 aromatic carbocycles. The van der Waals surface area contributed by atoms with Gasteiger partial charge in [-0.1, -0.05) is 24.3 Å². The number of carbonyl (C=O) groups is 2. The Kier molecular flexibility index (Phi) is 5.00. The average molecular weight is 302 g/mol. The Labute approximate surface area is 127 Å². The van der Waals surface area contributed by atoms with Gasteiger partial charge in [0, 0.05) is 0 Å². The maximum atomic E-state index is 12.2. The van der Waals surface area contributed by atoms with Crippen LogP contribution in [-0.4, -0.2) is 22.6 Å². The zero-order valence-electron chi connectivity index (χ0n) is 11.2. The number of aromatic hydroxyl groups is 1. The Morgan fingerprint density at radius 1 is 0.952 bits per heavy atom. The van der Waals surface area contributed by atoms with Crippen molar-refractivity contribution in [3.63, 3.8) is 0 Å². The van der Waals surface area contributed by atoms with E-state index in [1.54, 1.807) is 36.4 Å². The van der Waals surface area contributed by atoms with Crippen LogP contribution in [0.25, 0.3) is 0 Å². The summed E-state index contributed by atoms with van der Waals surface area (Å²) < 4.78 is 5.25. The molecular weight excluding hydrogens is 288 g/mol. The third-order valence-corrected chi connectivity index (χ3v) is 3.06. The summed E-state index contributed by atoms with van der Waals surface area (Å²) in [6, 6.07) is 12.8. The molecule has 1 N–H and O–H groups in total. The lowest BCUT2D eigenvalue weighted by Gasteiger charge is -2.08. The Hall–Kier alpha value is -2.27. The molecule has 21 heavy (non-hydrogen) atoms. The van der Waals surface area contributed by atoms with Crippen molar-refractivity contribution in [3.05, 3.63) is 59.7 Å². The molecule has 0 spiro atoms. The zero-order valence-corrected chi connectivity index (χ0v) is 12.0. The van der Waals surface area contributed by atoms with Gasteiger partial charge in [0.1, 0.15) is 17.4 Å². The van der Waals surface area contributed by atoms with Crippen molar-refractivity contribution >= 4 is 24.2 Å². The van der Waals surface area contributed by atoms with Crippen LogP contribution in [0, 0.1) is 0 Å². The first-order valence-electron chi connectivity index (χ1n) is 6.30. The van der Waals surface area contributed by atoms with Gasteiger partial charge < -0.3 is 9.84 Å². The highest BCUT2D eigenvalue weighted by molar-refractivity contribution is 7.80. The number of ether oxygens (including phenoxy) is 1. The SMILES string of the molecule is O=C(CC(=O)c1ccccc1OCS)c1ccccc1O. The van der Waals surface area contributed by atoms with Gasteiger partial charge in [0.2, 0.25) is 0 Å². The summed E-state index contributed by atoms with van der Waals surface area (Å²) in [6.07, 6.45) is -0.329. The van der Waals surface area contributed by atoms with Gasteiger partial charge in [0.25, 0.3) is 0 Å². The molecule has 5 heteroatoms. The van der Waals surface area contributed by atoms with Crippen molar-refractivity contribution in [1.82, 2.24) is 0 Å². The molecular formula is C16H14O4S. The van der Waals surface area contributed by atoms with Crippen LogP contribution in [0.2, 0.25) is 0 Å². The van der Waals surface area contributed by atoms with Crippen LogP contribution in [0.3, 0.4) is 0 Å². The van der Waals surface area contributed by atoms with E-state index in [9.17, 15) is 14.7 Å². The van der Waals surface area contributed by atoms with Crippen molar-refractivity contribution in [2.45, 2.75) is 6.42 Å². The van der Waals surface area contributed by atoms with E-state index in [1.165, 1.54) is 12.1 Å². The molecule has 0 aromatic heterocycles. The molecule has 0 aliphatic rings. The first-order valence-corrected chi connectivity index (χ1v) is 6.94. The lowest BCUT2D eigenvalue weighted by Crippen LogP contribution is -2.10. The summed E-state index contributed by atoms with van der Waals surface area (Å²) in [5, 5.41) is 9.64. The first-order chi connectivity index (χ1) is 10.1. The highest BCUT2D eigenvalue weighted by atomic mass is 32.1. The summed E-state index contributed by atoms with van der Waals surface area (Å²) in [5.74, 6) is -0.394. The standard InChI is InChI=1S/C16H14O4S/c17-13-7-3-1-5-11(13)14(18)9-15(19)12-6-2-4-8-16(12)20-10-21/h1-8,17,21H,9-10H2. The normalized spacial score (nSPS) is 10.1. The van der Waals surface area contributed by atoms with Crippen molar-refractivity contribution in [3.8, 4) is 11.5 Å². The van der Waals surface area contributed by atoms with Crippen LogP contribution in [0.4, 0.5) is 0 Å². The van der Waals surface area contributed by atoms with E-state index in [0.29, 0.717) is 11.3 Å². The number of phenolic OH excluding ortho intramolecular Hbond substituents is 1. The summed E-state index contributed by atoms with van der Waals surface area (Å²) >= 11 is 3.95. The van der Waals surface area contributed by atoms with Gasteiger partial charge in [-0.3, -0.25) is 9.59 Å². The Morgan fingerprint density at radius 3 is 2.19 bits per heavy atom. The average Bonchev–Trinajstić information content (AvgIpc) is 2.48. The molecule has 0 saturated heterocycles. The van der Waals surface area contributed by atoms with E-state index in [0.717, 1.165) is 0 Å². The molecule has 0 saturated carbocycles. The number of carbonyl (C=O) groups excluding carboxylic acids is 2. The molecule has 0 aliphatic carbocycles. The molecule has 0 atom stereocenters. The Balaban J connectivity index is 2.19. The maximum Gasteiger partial charge on any atom is 0.174 e. The smallest absolute Gasteiger partial charge is 0.174 e. The van der Waals surface area contributed by atoms with Gasteiger partial charge in [-0.05, 0) is 24.3 Å². The quantitative estimate of drug-likeness (QED) is 0.372. The summed E-state index contributed by atoms with van der Waals surface area (Å²) in [6.45, 7) is 0. The molecule has 2 rings (SSSR count). The maximum absolute atomic E-state index is 12.2. The van der Waals surface area contributed by atoms with Gasteiger partial charge >= 0.3 is 0 Å². The van der Waals surface area contributed by atoms with Crippen LogP contribution in [0.15, 0.2) is 48.5 Å². The summed E-state index contributed by atoms with van der Waals surface area (Å²) in [7, 11) is 0. The minimum Gasteiger partial charge on any atom is -0.507 e. The Morgan fingerprint density at radius 2 is 1.52 bits per heavy atom. The van der Waals surface area contributed by atoms with Crippen LogP contribution in [0.5, 0.6) is 11.5 Å². The highest BCUT2D eigenvalue weighted by Crippen LogP contribution is 2.23. The van der Waals surface area contributed by atoms with E-state index < -0.39 is 5.78 Å². The first kappa shape index (κ1) is 15.1. The molecule has 0 unspecified atom stereocenters. The molecule has 4 nitrogen and oxygen atoms in total. The van der Waals surface area contributed by atoms with Crippen LogP contribution in [-0.2, 0) is 0 Å². The van der Waals surface area contributed by atoms with E-state index in [4.69, 9.17) is 4.74 Å². The topological polar surface area (TPSA) is 63.6 Å². The molecule has 2 aromatic rings. The summed E-state index contributed by atoms with van der Waals surface area (Å²) in [5.41, 5.74) is 0.466. The Bertz CT molecular complexity index is 667. The molecule has 0 radical (unpaired) electrons. The van der Waals surface area contributed by atoms with Gasteiger partial charge in [-0.2, -0.15) is 0 Å². The second-order valence-corrected chi connectivity index (χ2v) is 4.57. The monoisotopic (exact) mass is 302 g/mol. The lowest BCUT2D eigenvalue weighted by atomic mass is 10.0. The number of benzene rings is 2. The largest absolute Gasteiger partial charge is 0.507 e. The van der Waals surface area contributed by atoms with E-state index in [2.05, 4.69) is 12.6 Å². The van der Waals surface area contributed by atoms with Gasteiger partial charge in [-0.25, -0.2) is 0 Å². The van der Waals surface area contributed by atoms with Crippen molar-refractivity contribution < 1.29 is 19.4 Å². The molecule has 108 valence electrons. The number of hydrogen-bond acceptors (Lipinski definition) is 5. The molecule has 0 amide bonds. The predicted molar refractivity (Wildman–Crippen MR) is 82.3 cm³/mol. The van der Waals surface area contributed by atoms with Crippen molar-refractivity contribution in [2.24, 2.45) is 0 Å².